The van der Waals surface area contributed by atoms with E-state index in [1.807, 2.05) is 10.8 Å². The van der Waals surface area contributed by atoms with Crippen molar-refractivity contribution < 1.29 is 9.53 Å². The van der Waals surface area contributed by atoms with E-state index in [9.17, 15) is 4.79 Å². The number of hydrogen-bond donors (Lipinski definition) is 1. The van der Waals surface area contributed by atoms with E-state index in [1.54, 1.807) is 24.0 Å². The number of aryl methyl sites for hydroxylation is 1. The number of ether oxygens (including phenoxy) is 1. The van der Waals surface area contributed by atoms with Gasteiger partial charge in [0.05, 0.1) is 18.6 Å². The molecule has 2 rings (SSSR count). The molecule has 0 aliphatic heterocycles. The van der Waals surface area contributed by atoms with Gasteiger partial charge in [-0.3, -0.25) is 0 Å². The van der Waals surface area contributed by atoms with Gasteiger partial charge < -0.3 is 15.0 Å². The van der Waals surface area contributed by atoms with Gasteiger partial charge in [0.15, 0.2) is 0 Å². The Morgan fingerprint density at radius 2 is 2.47 bits per heavy atom. The van der Waals surface area contributed by atoms with Crippen molar-refractivity contribution in [3.05, 3.63) is 35.0 Å². The number of nitrogens with two attached hydrogens (primary N) is 1. The zero-order chi connectivity index (χ0) is 12.1. The number of nitrogens with zero attached hydrogens (tertiary/aromatic N) is 2. The predicted octanol–water partition coefficient (Wildman–Crippen LogP) is 1.77. The van der Waals surface area contributed by atoms with E-state index in [4.69, 9.17) is 10.5 Å². The molecule has 0 fully saturated rings. The molecule has 2 heterocycles. The summed E-state index contributed by atoms with van der Waals surface area (Å²) in [5.74, 6) is -0.344. The fourth-order valence-corrected chi connectivity index (χ4v) is 2.09. The SMILES string of the molecule is Nc1ccsc1C(=O)OCCCn1ccnc1. The first kappa shape index (κ1) is 11.7. The fraction of sp³-hybridized carbons (Fsp3) is 0.273. The molecule has 17 heavy (non-hydrogen) atoms. The Labute approximate surface area is 103 Å². The van der Waals surface area contributed by atoms with Crippen molar-refractivity contribution >= 4 is 23.0 Å². The van der Waals surface area contributed by atoms with Gasteiger partial charge in [-0.05, 0) is 17.9 Å². The second-order valence-corrected chi connectivity index (χ2v) is 4.41. The Balaban J connectivity index is 1.72. The van der Waals surface area contributed by atoms with Gasteiger partial charge in [0.2, 0.25) is 0 Å². The summed E-state index contributed by atoms with van der Waals surface area (Å²) >= 11 is 1.30. The van der Waals surface area contributed by atoms with Gasteiger partial charge >= 0.3 is 5.97 Å². The van der Waals surface area contributed by atoms with Crippen LogP contribution in [0.25, 0.3) is 0 Å². The zero-order valence-electron chi connectivity index (χ0n) is 9.20. The van der Waals surface area contributed by atoms with Gasteiger partial charge in [-0.2, -0.15) is 0 Å². The maximum Gasteiger partial charge on any atom is 0.350 e. The number of thiophene rings is 1. The molecular formula is C11H13N3O2S. The van der Waals surface area contributed by atoms with Gasteiger partial charge in [-0.25, -0.2) is 9.78 Å². The van der Waals surface area contributed by atoms with Crippen LogP contribution in [0.2, 0.25) is 0 Å². The molecular weight excluding hydrogens is 238 g/mol. The topological polar surface area (TPSA) is 70.1 Å². The molecule has 0 aliphatic carbocycles. The first-order valence-electron chi connectivity index (χ1n) is 5.23. The van der Waals surface area contributed by atoms with E-state index in [2.05, 4.69) is 4.98 Å². The molecule has 0 spiro atoms. The highest BCUT2D eigenvalue weighted by molar-refractivity contribution is 7.12. The molecule has 0 radical (unpaired) electrons. The van der Waals surface area contributed by atoms with Crippen molar-refractivity contribution in [3.8, 4) is 0 Å². The lowest BCUT2D eigenvalue weighted by Gasteiger charge is -2.04. The van der Waals surface area contributed by atoms with Crippen molar-refractivity contribution in [2.24, 2.45) is 0 Å². The van der Waals surface area contributed by atoms with Crippen LogP contribution in [0.3, 0.4) is 0 Å². The van der Waals surface area contributed by atoms with Gasteiger partial charge in [0.25, 0.3) is 0 Å². The minimum atomic E-state index is -0.344. The molecule has 5 nitrogen and oxygen atoms in total. The number of nitrogen functional groups attached to an aromatic ring is 1. The summed E-state index contributed by atoms with van der Waals surface area (Å²) in [4.78, 5) is 16.0. The highest BCUT2D eigenvalue weighted by Crippen LogP contribution is 2.19. The Morgan fingerprint density at radius 1 is 1.59 bits per heavy atom. The third-order valence-corrected chi connectivity index (χ3v) is 3.14. The number of aromatic nitrogens is 2. The first-order chi connectivity index (χ1) is 8.27. The van der Waals surface area contributed by atoms with Crippen molar-refractivity contribution in [3.63, 3.8) is 0 Å². The molecule has 2 aromatic rings. The summed E-state index contributed by atoms with van der Waals surface area (Å²) in [6, 6.07) is 1.70. The van der Waals surface area contributed by atoms with E-state index >= 15 is 0 Å². The van der Waals surface area contributed by atoms with Crippen LogP contribution < -0.4 is 5.73 Å². The molecule has 6 heteroatoms. The lowest BCUT2D eigenvalue weighted by atomic mass is 10.4. The molecule has 0 bridgehead atoms. The average Bonchev–Trinajstić information content (AvgIpc) is 2.95. The second kappa shape index (κ2) is 5.49. The van der Waals surface area contributed by atoms with Crippen LogP contribution in [-0.4, -0.2) is 22.1 Å². The smallest absolute Gasteiger partial charge is 0.350 e. The molecule has 2 N–H and O–H groups in total. The van der Waals surface area contributed by atoms with Crippen LogP contribution in [-0.2, 0) is 11.3 Å². The third-order valence-electron chi connectivity index (χ3n) is 2.23. The number of hydrogen-bond acceptors (Lipinski definition) is 5. The summed E-state index contributed by atoms with van der Waals surface area (Å²) in [6.07, 6.45) is 6.09. The highest BCUT2D eigenvalue weighted by atomic mass is 32.1. The summed E-state index contributed by atoms with van der Waals surface area (Å²) in [5, 5.41) is 1.78. The molecule has 2 aromatic heterocycles. The normalized spacial score (nSPS) is 10.4. The molecule has 0 aromatic carbocycles. The van der Waals surface area contributed by atoms with Gasteiger partial charge in [0.1, 0.15) is 4.88 Å². The third kappa shape index (κ3) is 3.07. The molecule has 0 unspecified atom stereocenters. The van der Waals surface area contributed by atoms with E-state index in [0.717, 1.165) is 13.0 Å². The molecule has 0 aliphatic rings. The minimum absolute atomic E-state index is 0.344. The Kier molecular flexibility index (Phi) is 3.77. The predicted molar refractivity (Wildman–Crippen MR) is 65.9 cm³/mol. The Bertz CT molecular complexity index is 479. The average molecular weight is 251 g/mol. The van der Waals surface area contributed by atoms with Crippen LogP contribution >= 0.6 is 11.3 Å². The lowest BCUT2D eigenvalue weighted by Crippen LogP contribution is -2.08. The molecule has 90 valence electrons. The van der Waals surface area contributed by atoms with Gasteiger partial charge in [0, 0.05) is 18.9 Å². The quantitative estimate of drug-likeness (QED) is 0.649. The van der Waals surface area contributed by atoms with E-state index in [-0.39, 0.29) is 5.97 Å². The summed E-state index contributed by atoms with van der Waals surface area (Å²) in [5.41, 5.74) is 6.10. The number of carbonyl (C=O) groups is 1. The zero-order valence-corrected chi connectivity index (χ0v) is 10.0. The van der Waals surface area contributed by atoms with Crippen molar-refractivity contribution in [1.82, 2.24) is 9.55 Å². The number of rotatable bonds is 5. The maximum absolute atomic E-state index is 11.6. The Morgan fingerprint density at radius 3 is 3.12 bits per heavy atom. The number of carbonyl (C=O) groups excluding carboxylic acids is 1. The number of imidazole rings is 1. The van der Waals surface area contributed by atoms with Gasteiger partial charge in [-0.1, -0.05) is 0 Å². The van der Waals surface area contributed by atoms with Crippen LogP contribution in [0.15, 0.2) is 30.2 Å². The van der Waals surface area contributed by atoms with E-state index in [0.29, 0.717) is 17.2 Å². The number of anilines is 1. The van der Waals surface area contributed by atoms with Crippen LogP contribution in [0.5, 0.6) is 0 Å². The summed E-state index contributed by atoms with van der Waals surface area (Å²) in [7, 11) is 0. The van der Waals surface area contributed by atoms with E-state index in [1.165, 1.54) is 11.3 Å². The highest BCUT2D eigenvalue weighted by Gasteiger charge is 2.11. The molecule has 0 amide bonds. The van der Waals surface area contributed by atoms with Crippen molar-refractivity contribution in [2.45, 2.75) is 13.0 Å². The lowest BCUT2D eigenvalue weighted by molar-refractivity contribution is 0.0503. The first-order valence-corrected chi connectivity index (χ1v) is 6.11. The van der Waals surface area contributed by atoms with Crippen molar-refractivity contribution in [2.75, 3.05) is 12.3 Å². The minimum Gasteiger partial charge on any atom is -0.461 e. The summed E-state index contributed by atoms with van der Waals surface area (Å²) in [6.45, 7) is 1.17. The van der Waals surface area contributed by atoms with Crippen molar-refractivity contribution in [1.29, 1.82) is 0 Å². The monoisotopic (exact) mass is 251 g/mol. The molecule has 0 saturated heterocycles. The standard InChI is InChI=1S/C11H13N3O2S/c12-9-2-7-17-10(9)11(15)16-6-1-4-14-5-3-13-8-14/h2-3,5,7-8H,1,4,6,12H2. The maximum atomic E-state index is 11.6. The van der Waals surface area contributed by atoms with Crippen LogP contribution in [0.4, 0.5) is 5.69 Å². The van der Waals surface area contributed by atoms with Crippen LogP contribution in [0.1, 0.15) is 16.1 Å². The number of esters is 1. The second-order valence-electron chi connectivity index (χ2n) is 3.50. The largest absolute Gasteiger partial charge is 0.461 e. The van der Waals surface area contributed by atoms with E-state index < -0.39 is 0 Å². The van der Waals surface area contributed by atoms with Crippen LogP contribution in [0, 0.1) is 0 Å². The fourth-order valence-electron chi connectivity index (χ4n) is 1.38. The Hall–Kier alpha value is -1.82. The van der Waals surface area contributed by atoms with Gasteiger partial charge in [-0.15, -0.1) is 11.3 Å². The molecule has 0 atom stereocenters. The summed E-state index contributed by atoms with van der Waals surface area (Å²) < 4.78 is 7.06. The molecule has 0 saturated carbocycles.